The minimum absolute atomic E-state index is 0.0195. The Kier molecular flexibility index (Phi) is 6.79. The molecule has 2 atom stereocenters. The molecule has 0 aliphatic carbocycles. The topological polar surface area (TPSA) is 92.8 Å². The van der Waals surface area contributed by atoms with Gasteiger partial charge in [0.05, 0.1) is 35.6 Å². The van der Waals surface area contributed by atoms with Crippen LogP contribution in [0.2, 0.25) is 0 Å². The largest absolute Gasteiger partial charge is 0.493 e. The summed E-state index contributed by atoms with van der Waals surface area (Å²) in [6.45, 7) is 1.31. The average Bonchev–Trinajstić information content (AvgIpc) is 2.82. The number of hydrogen-bond donors (Lipinski definition) is 1. The van der Waals surface area contributed by atoms with Crippen molar-refractivity contribution in [3.63, 3.8) is 0 Å². The fourth-order valence-electron chi connectivity index (χ4n) is 4.38. The van der Waals surface area contributed by atoms with Gasteiger partial charge in [-0.1, -0.05) is 36.4 Å². The second kappa shape index (κ2) is 9.73. The molecule has 4 rings (SSSR count). The maximum Gasteiger partial charge on any atom is 0.226 e. The lowest BCUT2D eigenvalue weighted by atomic mass is 9.95. The summed E-state index contributed by atoms with van der Waals surface area (Å²) in [5.41, 5.74) is 0.647. The summed E-state index contributed by atoms with van der Waals surface area (Å²) >= 11 is 0. The third-order valence-corrected chi connectivity index (χ3v) is 7.91. The van der Waals surface area contributed by atoms with Crippen LogP contribution in [0.5, 0.6) is 5.75 Å². The van der Waals surface area contributed by atoms with Gasteiger partial charge in [-0.25, -0.2) is 8.42 Å². The number of carbonyl (C=O) groups excluding carboxylic acids is 2. The second-order valence-corrected chi connectivity index (χ2v) is 10.4. The summed E-state index contributed by atoms with van der Waals surface area (Å²) in [6, 6.07) is 15.9. The molecular formula is C24H28N2O5S. The normalized spacial score (nSPS) is 21.9. The molecule has 2 unspecified atom stereocenters. The lowest BCUT2D eigenvalue weighted by Crippen LogP contribution is -2.46. The fourth-order valence-corrected chi connectivity index (χ4v) is 6.00. The molecular weight excluding hydrogens is 428 g/mol. The molecule has 2 aliphatic rings. The lowest BCUT2D eigenvalue weighted by molar-refractivity contribution is -0.136. The molecule has 0 bridgehead atoms. The van der Waals surface area contributed by atoms with Gasteiger partial charge in [0.25, 0.3) is 0 Å². The summed E-state index contributed by atoms with van der Waals surface area (Å²) < 4.78 is 30.3. The van der Waals surface area contributed by atoms with E-state index in [0.29, 0.717) is 43.0 Å². The number of likely N-dealkylation sites (tertiary alicyclic amines) is 1. The molecule has 0 aromatic heterocycles. The Balaban J connectivity index is 1.32. The molecule has 2 aromatic carbocycles. The number of fused-ring (bicyclic) bond motifs is 1. The fraction of sp³-hybridized carbons (Fsp3) is 0.417. The molecule has 2 aliphatic heterocycles. The van der Waals surface area contributed by atoms with Gasteiger partial charge in [-0.05, 0) is 43.0 Å². The predicted octanol–water partition coefficient (Wildman–Crippen LogP) is 2.73. The summed E-state index contributed by atoms with van der Waals surface area (Å²) in [5.74, 6) is 0.306. The highest BCUT2D eigenvalue weighted by atomic mass is 32.2. The Labute approximate surface area is 188 Å². The first-order valence-electron chi connectivity index (χ1n) is 11.0. The zero-order valence-electron chi connectivity index (χ0n) is 17.9. The number of nitrogens with zero attached hydrogens (tertiary/aromatic N) is 1. The van der Waals surface area contributed by atoms with Crippen molar-refractivity contribution in [3.8, 4) is 5.75 Å². The Bertz CT molecular complexity index is 1070. The van der Waals surface area contributed by atoms with Crippen LogP contribution in [0.25, 0.3) is 0 Å². The van der Waals surface area contributed by atoms with Crippen LogP contribution in [-0.2, 0) is 19.4 Å². The minimum atomic E-state index is -3.30. The number of benzene rings is 2. The summed E-state index contributed by atoms with van der Waals surface area (Å²) in [7, 11) is -3.30. The van der Waals surface area contributed by atoms with Crippen LogP contribution in [0, 0.1) is 5.92 Å². The molecule has 8 heteroatoms. The van der Waals surface area contributed by atoms with E-state index in [1.54, 1.807) is 29.2 Å². The zero-order chi connectivity index (χ0) is 22.6. The van der Waals surface area contributed by atoms with E-state index in [9.17, 15) is 18.0 Å². The van der Waals surface area contributed by atoms with E-state index in [1.165, 1.54) is 0 Å². The first-order chi connectivity index (χ1) is 15.4. The van der Waals surface area contributed by atoms with Crippen molar-refractivity contribution in [2.75, 3.05) is 25.4 Å². The first kappa shape index (κ1) is 22.3. The summed E-state index contributed by atoms with van der Waals surface area (Å²) in [5, 5.41) is 3.04. The van der Waals surface area contributed by atoms with E-state index in [-0.39, 0.29) is 35.9 Å². The van der Waals surface area contributed by atoms with Crippen LogP contribution in [0.4, 0.5) is 0 Å². The molecule has 2 aromatic rings. The summed E-state index contributed by atoms with van der Waals surface area (Å²) in [4.78, 5) is 27.6. The van der Waals surface area contributed by atoms with E-state index >= 15 is 0 Å². The van der Waals surface area contributed by atoms with Crippen LogP contribution in [0.3, 0.4) is 0 Å². The molecule has 32 heavy (non-hydrogen) atoms. The van der Waals surface area contributed by atoms with Gasteiger partial charge < -0.3 is 15.0 Å². The molecule has 2 heterocycles. The number of hydrogen-bond acceptors (Lipinski definition) is 5. The van der Waals surface area contributed by atoms with Crippen molar-refractivity contribution < 1.29 is 22.7 Å². The van der Waals surface area contributed by atoms with E-state index in [0.717, 1.165) is 12.2 Å². The van der Waals surface area contributed by atoms with Crippen LogP contribution in [-0.4, -0.2) is 50.6 Å². The molecule has 7 nitrogen and oxygen atoms in total. The Hall–Kier alpha value is -2.87. The minimum Gasteiger partial charge on any atom is -0.493 e. The highest BCUT2D eigenvalue weighted by molar-refractivity contribution is 7.91. The Morgan fingerprint density at radius 3 is 2.59 bits per heavy atom. The Morgan fingerprint density at radius 2 is 1.78 bits per heavy atom. The van der Waals surface area contributed by atoms with Gasteiger partial charge in [0.15, 0.2) is 9.84 Å². The molecule has 170 valence electrons. The van der Waals surface area contributed by atoms with E-state index in [4.69, 9.17) is 4.74 Å². The van der Waals surface area contributed by atoms with Crippen LogP contribution < -0.4 is 10.1 Å². The number of carbonyl (C=O) groups is 2. The summed E-state index contributed by atoms with van der Waals surface area (Å²) in [6.07, 6.45) is 2.09. The SMILES string of the molecule is O=C(NC1CCS(=O)(=O)c2ccccc21)C1CCCN(C(=O)CCOc2ccccc2)C1. The number of ether oxygens (including phenoxy) is 1. The zero-order valence-corrected chi connectivity index (χ0v) is 18.7. The second-order valence-electron chi connectivity index (χ2n) is 8.30. The number of amides is 2. The van der Waals surface area contributed by atoms with E-state index in [2.05, 4.69) is 5.32 Å². The van der Waals surface area contributed by atoms with Gasteiger partial charge >= 0.3 is 0 Å². The van der Waals surface area contributed by atoms with Gasteiger partial charge in [0.2, 0.25) is 11.8 Å². The third-order valence-electron chi connectivity index (χ3n) is 6.09. The molecule has 2 amide bonds. The quantitative estimate of drug-likeness (QED) is 0.722. The standard InChI is InChI=1S/C24H28N2O5S/c27-23(12-15-31-19-8-2-1-3-9-19)26-14-6-7-18(17-26)24(28)25-21-13-16-32(29,30)22-11-5-4-10-20(21)22/h1-5,8-11,18,21H,6-7,12-17H2,(H,25,28). The Morgan fingerprint density at radius 1 is 1.03 bits per heavy atom. The average molecular weight is 457 g/mol. The van der Waals surface area contributed by atoms with Crippen molar-refractivity contribution >= 4 is 21.7 Å². The number of nitrogens with one attached hydrogen (secondary N) is 1. The van der Waals surface area contributed by atoms with Crippen molar-refractivity contribution in [1.82, 2.24) is 10.2 Å². The van der Waals surface area contributed by atoms with Gasteiger partial charge in [-0.15, -0.1) is 0 Å². The lowest BCUT2D eigenvalue weighted by Gasteiger charge is -2.34. The van der Waals surface area contributed by atoms with Crippen molar-refractivity contribution in [1.29, 1.82) is 0 Å². The van der Waals surface area contributed by atoms with Gasteiger partial charge in [0.1, 0.15) is 5.75 Å². The maximum atomic E-state index is 13.0. The molecule has 1 saturated heterocycles. The highest BCUT2D eigenvalue weighted by Gasteiger charge is 2.34. The number of piperidine rings is 1. The molecule has 0 saturated carbocycles. The highest BCUT2D eigenvalue weighted by Crippen LogP contribution is 2.32. The molecule has 0 radical (unpaired) electrons. The van der Waals surface area contributed by atoms with Gasteiger partial charge in [-0.3, -0.25) is 9.59 Å². The van der Waals surface area contributed by atoms with Crippen molar-refractivity contribution in [2.45, 2.75) is 36.6 Å². The molecule has 0 spiro atoms. The number of rotatable bonds is 6. The first-order valence-corrected chi connectivity index (χ1v) is 12.7. The van der Waals surface area contributed by atoms with Gasteiger partial charge in [-0.2, -0.15) is 0 Å². The van der Waals surface area contributed by atoms with Crippen molar-refractivity contribution in [3.05, 3.63) is 60.2 Å². The number of para-hydroxylation sites is 1. The third kappa shape index (κ3) is 5.12. The van der Waals surface area contributed by atoms with Crippen LogP contribution in [0.15, 0.2) is 59.5 Å². The smallest absolute Gasteiger partial charge is 0.226 e. The molecule has 1 fully saturated rings. The van der Waals surface area contributed by atoms with E-state index < -0.39 is 9.84 Å². The monoisotopic (exact) mass is 456 g/mol. The predicted molar refractivity (Wildman–Crippen MR) is 120 cm³/mol. The number of sulfone groups is 1. The van der Waals surface area contributed by atoms with Crippen LogP contribution >= 0.6 is 0 Å². The molecule has 1 N–H and O–H groups in total. The maximum absolute atomic E-state index is 13.0. The van der Waals surface area contributed by atoms with Crippen LogP contribution in [0.1, 0.15) is 37.3 Å². The van der Waals surface area contributed by atoms with Crippen molar-refractivity contribution in [2.24, 2.45) is 5.92 Å². The van der Waals surface area contributed by atoms with E-state index in [1.807, 2.05) is 30.3 Å². The van der Waals surface area contributed by atoms with Gasteiger partial charge in [0, 0.05) is 13.1 Å².